The predicted octanol–water partition coefficient (Wildman–Crippen LogP) is 1.11. The van der Waals surface area contributed by atoms with Crippen molar-refractivity contribution in [2.24, 2.45) is 10.9 Å². The van der Waals surface area contributed by atoms with E-state index in [1.807, 2.05) is 12.4 Å². The normalized spacial score (nSPS) is 19.6. The molecule has 6 nitrogen and oxygen atoms in total. The molecule has 1 aliphatic rings. The summed E-state index contributed by atoms with van der Waals surface area (Å²) in [5.74, 6) is 0.333. The Hall–Kier alpha value is -1.66. The highest BCUT2D eigenvalue weighted by Crippen LogP contribution is 2.13. The molecule has 1 unspecified atom stereocenters. The molecule has 0 radical (unpaired) electrons. The zero-order valence-corrected chi connectivity index (χ0v) is 12.6. The first kappa shape index (κ1) is 15.7. The third-order valence-electron chi connectivity index (χ3n) is 4.02. The maximum absolute atomic E-state index is 8.93. The molecule has 21 heavy (non-hydrogen) atoms. The van der Waals surface area contributed by atoms with E-state index in [0.29, 0.717) is 5.84 Å². The molecule has 2 heterocycles. The fraction of sp³-hybridized carbons (Fsp3) is 0.600. The van der Waals surface area contributed by atoms with Crippen LogP contribution in [0.2, 0.25) is 0 Å². The second kappa shape index (κ2) is 7.95. The van der Waals surface area contributed by atoms with Crippen LogP contribution >= 0.6 is 0 Å². The SMILES string of the molecule is CCCC(C(N)=NO)N1CCN(Cc2ccncc2)CC1. The smallest absolute Gasteiger partial charge is 0.156 e. The Morgan fingerprint density at radius 2 is 2.00 bits per heavy atom. The van der Waals surface area contributed by atoms with Crippen LogP contribution in [-0.2, 0) is 6.54 Å². The molecular formula is C15H25N5O. The second-order valence-electron chi connectivity index (χ2n) is 5.50. The lowest BCUT2D eigenvalue weighted by Crippen LogP contribution is -2.53. The number of nitrogens with zero attached hydrogens (tertiary/aromatic N) is 4. The number of nitrogens with two attached hydrogens (primary N) is 1. The van der Waals surface area contributed by atoms with Gasteiger partial charge in [-0.2, -0.15) is 0 Å². The summed E-state index contributed by atoms with van der Waals surface area (Å²) in [4.78, 5) is 8.80. The predicted molar refractivity (Wildman–Crippen MR) is 83.2 cm³/mol. The Labute approximate surface area is 126 Å². The van der Waals surface area contributed by atoms with Crippen LogP contribution in [0.25, 0.3) is 0 Å². The van der Waals surface area contributed by atoms with Crippen molar-refractivity contribution in [3.05, 3.63) is 30.1 Å². The van der Waals surface area contributed by atoms with Gasteiger partial charge in [0.2, 0.25) is 0 Å². The van der Waals surface area contributed by atoms with E-state index in [2.05, 4.69) is 39.0 Å². The van der Waals surface area contributed by atoms with Crippen molar-refractivity contribution in [1.29, 1.82) is 0 Å². The number of amidine groups is 1. The summed E-state index contributed by atoms with van der Waals surface area (Å²) in [5.41, 5.74) is 7.12. The molecule has 1 aliphatic heterocycles. The van der Waals surface area contributed by atoms with Gasteiger partial charge in [-0.15, -0.1) is 0 Å². The Bertz CT molecular complexity index is 443. The number of piperazine rings is 1. The van der Waals surface area contributed by atoms with Crippen LogP contribution in [-0.4, -0.2) is 58.0 Å². The number of pyridine rings is 1. The summed E-state index contributed by atoms with van der Waals surface area (Å²) in [5, 5.41) is 12.1. The zero-order chi connectivity index (χ0) is 15.1. The summed E-state index contributed by atoms with van der Waals surface area (Å²) in [6, 6.07) is 4.17. The molecule has 0 amide bonds. The van der Waals surface area contributed by atoms with Gasteiger partial charge in [-0.1, -0.05) is 18.5 Å². The standard InChI is InChI=1S/C15H25N5O/c1-2-3-14(15(16)18-21)20-10-8-19(9-11-20)12-13-4-6-17-7-5-13/h4-7,14,21H,2-3,8-12H2,1H3,(H2,16,18). The van der Waals surface area contributed by atoms with E-state index in [0.717, 1.165) is 45.6 Å². The van der Waals surface area contributed by atoms with E-state index in [4.69, 9.17) is 10.9 Å². The molecule has 0 saturated carbocycles. The summed E-state index contributed by atoms with van der Waals surface area (Å²) < 4.78 is 0. The van der Waals surface area contributed by atoms with E-state index >= 15 is 0 Å². The quantitative estimate of drug-likeness (QED) is 0.355. The summed E-state index contributed by atoms with van der Waals surface area (Å²) in [7, 11) is 0. The van der Waals surface area contributed by atoms with Crippen molar-refractivity contribution < 1.29 is 5.21 Å². The fourth-order valence-electron chi connectivity index (χ4n) is 2.84. The molecule has 1 atom stereocenters. The van der Waals surface area contributed by atoms with Crippen LogP contribution in [0.15, 0.2) is 29.7 Å². The first-order valence-electron chi connectivity index (χ1n) is 7.57. The zero-order valence-electron chi connectivity index (χ0n) is 12.6. The van der Waals surface area contributed by atoms with Gasteiger partial charge in [0.25, 0.3) is 0 Å². The molecule has 116 valence electrons. The first-order chi connectivity index (χ1) is 10.2. The maximum Gasteiger partial charge on any atom is 0.156 e. The molecule has 6 heteroatoms. The number of hydrogen-bond donors (Lipinski definition) is 2. The van der Waals surface area contributed by atoms with Crippen LogP contribution < -0.4 is 5.73 Å². The van der Waals surface area contributed by atoms with Crippen molar-refractivity contribution in [3.8, 4) is 0 Å². The van der Waals surface area contributed by atoms with Gasteiger partial charge in [0.05, 0.1) is 6.04 Å². The molecular weight excluding hydrogens is 266 g/mol. The van der Waals surface area contributed by atoms with E-state index in [1.165, 1.54) is 5.56 Å². The van der Waals surface area contributed by atoms with Gasteiger partial charge in [0, 0.05) is 45.1 Å². The Balaban J connectivity index is 1.87. The third-order valence-corrected chi connectivity index (χ3v) is 4.02. The number of hydrogen-bond acceptors (Lipinski definition) is 5. The Kier molecular flexibility index (Phi) is 5.95. The van der Waals surface area contributed by atoms with Crippen molar-refractivity contribution in [2.75, 3.05) is 26.2 Å². The average molecular weight is 291 g/mol. The first-order valence-corrected chi connectivity index (χ1v) is 7.57. The lowest BCUT2D eigenvalue weighted by Gasteiger charge is -2.38. The molecule has 0 aliphatic carbocycles. The van der Waals surface area contributed by atoms with Gasteiger partial charge in [-0.3, -0.25) is 14.8 Å². The lowest BCUT2D eigenvalue weighted by molar-refractivity contribution is 0.108. The molecule has 1 aromatic heterocycles. The minimum atomic E-state index is 0.0584. The number of oxime groups is 1. The topological polar surface area (TPSA) is 78.0 Å². The summed E-state index contributed by atoms with van der Waals surface area (Å²) in [6.45, 7) is 6.98. The van der Waals surface area contributed by atoms with Crippen LogP contribution in [0.5, 0.6) is 0 Å². The molecule has 0 aromatic carbocycles. The van der Waals surface area contributed by atoms with Crippen LogP contribution in [0.4, 0.5) is 0 Å². The van der Waals surface area contributed by atoms with Crippen LogP contribution in [0.3, 0.4) is 0 Å². The van der Waals surface area contributed by atoms with Gasteiger partial charge < -0.3 is 10.9 Å². The minimum absolute atomic E-state index is 0.0584. The van der Waals surface area contributed by atoms with Crippen molar-refractivity contribution in [1.82, 2.24) is 14.8 Å². The largest absolute Gasteiger partial charge is 0.409 e. The molecule has 0 spiro atoms. The highest BCUT2D eigenvalue weighted by Gasteiger charge is 2.26. The van der Waals surface area contributed by atoms with Gasteiger partial charge in [0.15, 0.2) is 5.84 Å². The van der Waals surface area contributed by atoms with E-state index < -0.39 is 0 Å². The second-order valence-corrected chi connectivity index (χ2v) is 5.50. The average Bonchev–Trinajstić information content (AvgIpc) is 2.54. The summed E-state index contributed by atoms with van der Waals surface area (Å²) in [6.07, 6.45) is 5.63. The molecule has 1 fully saturated rings. The van der Waals surface area contributed by atoms with E-state index in [1.54, 1.807) is 0 Å². The summed E-state index contributed by atoms with van der Waals surface area (Å²) >= 11 is 0. The third kappa shape index (κ3) is 4.41. The number of rotatable bonds is 6. The van der Waals surface area contributed by atoms with E-state index in [9.17, 15) is 0 Å². The molecule has 1 aromatic rings. The molecule has 1 saturated heterocycles. The Morgan fingerprint density at radius 3 is 2.57 bits per heavy atom. The van der Waals surface area contributed by atoms with Crippen molar-refractivity contribution >= 4 is 5.84 Å². The van der Waals surface area contributed by atoms with Crippen LogP contribution in [0.1, 0.15) is 25.3 Å². The van der Waals surface area contributed by atoms with Gasteiger partial charge >= 0.3 is 0 Å². The molecule has 2 rings (SSSR count). The van der Waals surface area contributed by atoms with Gasteiger partial charge in [-0.05, 0) is 24.1 Å². The lowest BCUT2D eigenvalue weighted by atomic mass is 10.1. The van der Waals surface area contributed by atoms with E-state index in [-0.39, 0.29) is 6.04 Å². The Morgan fingerprint density at radius 1 is 1.33 bits per heavy atom. The molecule has 3 N–H and O–H groups in total. The minimum Gasteiger partial charge on any atom is -0.409 e. The van der Waals surface area contributed by atoms with Gasteiger partial charge in [0.1, 0.15) is 0 Å². The highest BCUT2D eigenvalue weighted by atomic mass is 16.4. The maximum atomic E-state index is 8.93. The monoisotopic (exact) mass is 291 g/mol. The van der Waals surface area contributed by atoms with Crippen LogP contribution in [0, 0.1) is 0 Å². The van der Waals surface area contributed by atoms with Crippen molar-refractivity contribution in [3.63, 3.8) is 0 Å². The fourth-order valence-corrected chi connectivity index (χ4v) is 2.84. The number of aromatic nitrogens is 1. The van der Waals surface area contributed by atoms with Gasteiger partial charge in [-0.25, -0.2) is 0 Å². The highest BCUT2D eigenvalue weighted by molar-refractivity contribution is 5.85. The molecule has 0 bridgehead atoms. The van der Waals surface area contributed by atoms with Crippen molar-refractivity contribution in [2.45, 2.75) is 32.4 Å².